The summed E-state index contributed by atoms with van der Waals surface area (Å²) in [4.78, 5) is 34.8. The van der Waals surface area contributed by atoms with E-state index in [1.54, 1.807) is 12.1 Å². The molecular formula is C18H19N5O5S. The lowest BCUT2D eigenvalue weighted by atomic mass is 10.1. The largest absolute Gasteiger partial charge is 0.372 e. The Bertz CT molecular complexity index is 912. The van der Waals surface area contributed by atoms with Crippen LogP contribution >= 0.6 is 12.2 Å². The van der Waals surface area contributed by atoms with Crippen molar-refractivity contribution < 1.29 is 14.6 Å². The maximum Gasteiger partial charge on any atom is 0.277 e. The van der Waals surface area contributed by atoms with Gasteiger partial charge in [-0.3, -0.25) is 30.3 Å². The van der Waals surface area contributed by atoms with E-state index in [1.807, 2.05) is 12.1 Å². The molecule has 0 fully saturated rings. The van der Waals surface area contributed by atoms with Crippen molar-refractivity contribution in [2.75, 3.05) is 23.3 Å². The van der Waals surface area contributed by atoms with Crippen molar-refractivity contribution in [3.05, 3.63) is 68.3 Å². The molecule has 29 heavy (non-hydrogen) atoms. The Morgan fingerprint density at radius 2 is 1.52 bits per heavy atom. The number of nitro benzene ring substituents is 2. The molecule has 2 rings (SSSR count). The van der Waals surface area contributed by atoms with E-state index in [0.29, 0.717) is 5.69 Å². The van der Waals surface area contributed by atoms with Crippen molar-refractivity contribution in [1.82, 2.24) is 5.32 Å². The van der Waals surface area contributed by atoms with Gasteiger partial charge in [-0.15, -0.1) is 0 Å². The van der Waals surface area contributed by atoms with Gasteiger partial charge < -0.3 is 10.2 Å². The highest BCUT2D eigenvalue weighted by Gasteiger charge is 2.20. The first kappa shape index (κ1) is 21.7. The second kappa shape index (κ2) is 9.55. The van der Waals surface area contributed by atoms with Gasteiger partial charge in [0, 0.05) is 36.6 Å². The number of non-ortho nitro benzene ring substituents is 2. The van der Waals surface area contributed by atoms with E-state index < -0.39 is 27.1 Å². The van der Waals surface area contributed by atoms with Crippen LogP contribution in [0.15, 0.2) is 42.5 Å². The molecular weight excluding hydrogens is 398 g/mol. The van der Waals surface area contributed by atoms with Gasteiger partial charge in [-0.1, -0.05) is 0 Å². The van der Waals surface area contributed by atoms with Crippen LogP contribution in [0.5, 0.6) is 0 Å². The van der Waals surface area contributed by atoms with Crippen LogP contribution in [0.2, 0.25) is 0 Å². The molecule has 0 saturated heterocycles. The third kappa shape index (κ3) is 5.69. The Labute approximate surface area is 171 Å². The molecule has 152 valence electrons. The molecule has 2 N–H and O–H groups in total. The van der Waals surface area contributed by atoms with E-state index in [4.69, 9.17) is 12.2 Å². The lowest BCUT2D eigenvalue weighted by molar-refractivity contribution is -0.394. The second-order valence-electron chi connectivity index (χ2n) is 5.88. The summed E-state index contributed by atoms with van der Waals surface area (Å²) in [5.41, 5.74) is 0.313. The zero-order chi connectivity index (χ0) is 21.6. The van der Waals surface area contributed by atoms with Crippen LogP contribution in [-0.2, 0) is 0 Å². The molecule has 0 heterocycles. The number of thiocarbonyl (C=S) groups is 1. The average Bonchev–Trinajstić information content (AvgIpc) is 2.69. The molecule has 0 spiro atoms. The highest BCUT2D eigenvalue weighted by atomic mass is 32.1. The Morgan fingerprint density at radius 3 is 1.97 bits per heavy atom. The van der Waals surface area contributed by atoms with Crippen LogP contribution in [0.25, 0.3) is 0 Å². The highest BCUT2D eigenvalue weighted by Crippen LogP contribution is 2.23. The Kier molecular flexibility index (Phi) is 7.15. The van der Waals surface area contributed by atoms with Gasteiger partial charge >= 0.3 is 0 Å². The fourth-order valence-corrected chi connectivity index (χ4v) is 2.83. The molecule has 1 amide bonds. The monoisotopic (exact) mass is 417 g/mol. The van der Waals surface area contributed by atoms with Crippen molar-refractivity contribution >= 4 is 46.0 Å². The molecule has 0 unspecified atom stereocenters. The summed E-state index contributed by atoms with van der Waals surface area (Å²) in [6, 6.07) is 10.1. The molecule has 0 bridgehead atoms. The van der Waals surface area contributed by atoms with Gasteiger partial charge in [-0.25, -0.2) is 0 Å². The quantitative estimate of drug-likeness (QED) is 0.398. The van der Waals surface area contributed by atoms with Crippen LogP contribution in [-0.4, -0.2) is 34.0 Å². The zero-order valence-electron chi connectivity index (χ0n) is 15.7. The lowest BCUT2D eigenvalue weighted by Gasteiger charge is -2.21. The highest BCUT2D eigenvalue weighted by molar-refractivity contribution is 7.80. The van der Waals surface area contributed by atoms with Crippen LogP contribution < -0.4 is 15.5 Å². The normalized spacial score (nSPS) is 10.1. The molecule has 2 aromatic rings. The summed E-state index contributed by atoms with van der Waals surface area (Å²) in [7, 11) is 0. The Balaban J connectivity index is 2.10. The number of carbonyl (C=O) groups is 1. The number of carbonyl (C=O) groups excluding carboxylic acids is 1. The molecule has 0 atom stereocenters. The third-order valence-electron chi connectivity index (χ3n) is 4.07. The summed E-state index contributed by atoms with van der Waals surface area (Å²) < 4.78 is 0. The molecule has 0 aromatic heterocycles. The third-order valence-corrected chi connectivity index (χ3v) is 4.27. The summed E-state index contributed by atoms with van der Waals surface area (Å²) in [5.74, 6) is -0.797. The fourth-order valence-electron chi connectivity index (χ4n) is 2.62. The minimum absolute atomic E-state index is 0.0419. The van der Waals surface area contributed by atoms with Gasteiger partial charge in [0.05, 0.1) is 21.5 Å². The second-order valence-corrected chi connectivity index (χ2v) is 6.29. The molecule has 0 saturated carbocycles. The van der Waals surface area contributed by atoms with Crippen molar-refractivity contribution in [2.24, 2.45) is 0 Å². The molecule has 0 aliphatic rings. The van der Waals surface area contributed by atoms with Gasteiger partial charge in [0.2, 0.25) is 0 Å². The fraction of sp³-hybridized carbons (Fsp3) is 0.222. The van der Waals surface area contributed by atoms with E-state index in [-0.39, 0.29) is 10.7 Å². The van der Waals surface area contributed by atoms with Gasteiger partial charge in [0.15, 0.2) is 5.11 Å². The maximum absolute atomic E-state index is 12.3. The standard InChI is InChI=1S/C18H19N5O5S/c1-3-21(4-2)14-7-5-13(6-8-14)19-18(29)20-17(24)12-9-15(22(25)26)11-16(10-12)23(27)28/h5-11H,3-4H2,1-2H3,(H2,19,20,24,29). The Hall–Kier alpha value is -3.60. The molecule has 2 aromatic carbocycles. The number of anilines is 2. The van der Waals surface area contributed by atoms with E-state index in [1.165, 1.54) is 0 Å². The molecule has 11 heteroatoms. The van der Waals surface area contributed by atoms with Crippen LogP contribution in [0.4, 0.5) is 22.7 Å². The zero-order valence-corrected chi connectivity index (χ0v) is 16.6. The number of hydrogen-bond acceptors (Lipinski definition) is 7. The number of rotatable bonds is 7. The summed E-state index contributed by atoms with van der Waals surface area (Å²) >= 11 is 5.09. The SMILES string of the molecule is CCN(CC)c1ccc(NC(=S)NC(=O)c2cc([N+](=O)[O-])cc([N+](=O)[O-])c2)cc1. The molecule has 10 nitrogen and oxygen atoms in total. The lowest BCUT2D eigenvalue weighted by Crippen LogP contribution is -2.34. The molecule has 0 aliphatic heterocycles. The first-order valence-corrected chi connectivity index (χ1v) is 9.07. The number of nitrogens with zero attached hydrogens (tertiary/aromatic N) is 3. The van der Waals surface area contributed by atoms with E-state index in [2.05, 4.69) is 29.4 Å². The van der Waals surface area contributed by atoms with Crippen LogP contribution in [0.1, 0.15) is 24.2 Å². The minimum atomic E-state index is -0.808. The number of benzene rings is 2. The number of hydrogen-bond donors (Lipinski definition) is 2. The summed E-state index contributed by atoms with van der Waals surface area (Å²) in [6.45, 7) is 5.84. The summed E-state index contributed by atoms with van der Waals surface area (Å²) in [6.07, 6.45) is 0. The molecule has 0 radical (unpaired) electrons. The number of amides is 1. The van der Waals surface area contributed by atoms with Crippen LogP contribution in [0.3, 0.4) is 0 Å². The van der Waals surface area contributed by atoms with Crippen molar-refractivity contribution in [3.63, 3.8) is 0 Å². The van der Waals surface area contributed by atoms with E-state index >= 15 is 0 Å². The smallest absolute Gasteiger partial charge is 0.277 e. The van der Waals surface area contributed by atoms with Gasteiger partial charge in [0.1, 0.15) is 0 Å². The predicted molar refractivity (Wildman–Crippen MR) is 113 cm³/mol. The van der Waals surface area contributed by atoms with Crippen molar-refractivity contribution in [1.29, 1.82) is 0 Å². The van der Waals surface area contributed by atoms with E-state index in [0.717, 1.165) is 37.0 Å². The van der Waals surface area contributed by atoms with Gasteiger partial charge in [-0.2, -0.15) is 0 Å². The minimum Gasteiger partial charge on any atom is -0.372 e. The summed E-state index contributed by atoms with van der Waals surface area (Å²) in [5, 5.41) is 27.0. The maximum atomic E-state index is 12.3. The van der Waals surface area contributed by atoms with Gasteiger partial charge in [-0.05, 0) is 50.3 Å². The topological polar surface area (TPSA) is 131 Å². The van der Waals surface area contributed by atoms with Crippen LogP contribution in [0, 0.1) is 20.2 Å². The first-order chi connectivity index (χ1) is 13.7. The van der Waals surface area contributed by atoms with Gasteiger partial charge in [0.25, 0.3) is 17.3 Å². The average molecular weight is 417 g/mol. The predicted octanol–water partition coefficient (Wildman–Crippen LogP) is 3.48. The number of nitro groups is 2. The van der Waals surface area contributed by atoms with Crippen molar-refractivity contribution in [2.45, 2.75) is 13.8 Å². The van der Waals surface area contributed by atoms with E-state index in [9.17, 15) is 25.0 Å². The Morgan fingerprint density at radius 1 is 1.00 bits per heavy atom. The molecule has 0 aliphatic carbocycles. The number of nitrogens with one attached hydrogen (secondary N) is 2. The first-order valence-electron chi connectivity index (χ1n) is 8.66. The van der Waals surface area contributed by atoms with Crippen molar-refractivity contribution in [3.8, 4) is 0 Å².